The van der Waals surface area contributed by atoms with Crippen LogP contribution in [-0.4, -0.2) is 20.4 Å². The maximum absolute atomic E-state index is 12.7. The van der Waals surface area contributed by atoms with Gasteiger partial charge < -0.3 is 5.32 Å². The van der Waals surface area contributed by atoms with Gasteiger partial charge in [0.25, 0.3) is 0 Å². The number of rotatable bonds is 6. The third kappa shape index (κ3) is 5.22. The number of imidazole rings is 1. The maximum atomic E-state index is 12.7. The number of aromatic nitrogens is 3. The molecule has 0 bridgehead atoms. The van der Waals surface area contributed by atoms with E-state index in [1.165, 1.54) is 12.1 Å². The number of pyridine rings is 1. The predicted molar refractivity (Wildman–Crippen MR) is 102 cm³/mol. The molecule has 0 spiro atoms. The van der Waals surface area contributed by atoms with Gasteiger partial charge in [-0.3, -0.25) is 9.36 Å². The Labute approximate surface area is 166 Å². The fourth-order valence-corrected chi connectivity index (χ4v) is 2.99. The SMILES string of the molecule is Cc1nccn1-c1cc(CNC(=O)CC(C)c2ccc(C(F)(F)F)cc2)ccn1. The topological polar surface area (TPSA) is 59.8 Å². The van der Waals surface area contributed by atoms with Gasteiger partial charge in [0.2, 0.25) is 5.91 Å². The molecule has 0 fully saturated rings. The van der Waals surface area contributed by atoms with E-state index in [1.54, 1.807) is 12.4 Å². The van der Waals surface area contributed by atoms with E-state index in [4.69, 9.17) is 0 Å². The highest BCUT2D eigenvalue weighted by molar-refractivity contribution is 5.76. The number of carbonyl (C=O) groups is 1. The van der Waals surface area contributed by atoms with Gasteiger partial charge in [-0.1, -0.05) is 19.1 Å². The molecule has 0 aliphatic rings. The number of halogens is 3. The first-order valence-corrected chi connectivity index (χ1v) is 9.13. The van der Waals surface area contributed by atoms with E-state index >= 15 is 0 Å². The molecule has 8 heteroatoms. The maximum Gasteiger partial charge on any atom is 0.416 e. The summed E-state index contributed by atoms with van der Waals surface area (Å²) in [6.45, 7) is 4.02. The summed E-state index contributed by atoms with van der Waals surface area (Å²) in [5.74, 6) is 1.15. The number of nitrogens with zero attached hydrogens (tertiary/aromatic N) is 3. The predicted octanol–water partition coefficient (Wildman–Crippen LogP) is 4.40. The standard InChI is InChI=1S/C21H21F3N4O/c1-14(17-3-5-18(6-4-17)21(22,23)24)11-20(29)27-13-16-7-8-26-19(12-16)28-10-9-25-15(28)2/h3-10,12,14H,11,13H2,1-2H3,(H,27,29). The molecule has 29 heavy (non-hydrogen) atoms. The number of hydrogen-bond acceptors (Lipinski definition) is 3. The molecule has 0 saturated carbocycles. The number of alkyl halides is 3. The molecule has 5 nitrogen and oxygen atoms in total. The Hall–Kier alpha value is -3.16. The summed E-state index contributed by atoms with van der Waals surface area (Å²) in [4.78, 5) is 20.8. The number of amides is 1. The minimum absolute atomic E-state index is 0.172. The van der Waals surface area contributed by atoms with Gasteiger partial charge in [-0.05, 0) is 48.2 Å². The summed E-state index contributed by atoms with van der Waals surface area (Å²) in [5, 5.41) is 2.85. The van der Waals surface area contributed by atoms with Crippen LogP contribution >= 0.6 is 0 Å². The minimum Gasteiger partial charge on any atom is -0.352 e. The Balaban J connectivity index is 1.57. The molecule has 1 amide bonds. The lowest BCUT2D eigenvalue weighted by Gasteiger charge is -2.14. The zero-order chi connectivity index (χ0) is 21.0. The van der Waals surface area contributed by atoms with Gasteiger partial charge in [0.15, 0.2) is 0 Å². The smallest absolute Gasteiger partial charge is 0.352 e. The summed E-state index contributed by atoms with van der Waals surface area (Å²) < 4.78 is 39.8. The molecule has 2 aromatic heterocycles. The third-order valence-electron chi connectivity index (χ3n) is 4.67. The van der Waals surface area contributed by atoms with Crippen molar-refractivity contribution in [3.05, 3.63) is 77.5 Å². The lowest BCUT2D eigenvalue weighted by molar-refractivity contribution is -0.137. The van der Waals surface area contributed by atoms with Crippen molar-refractivity contribution in [2.45, 2.75) is 38.9 Å². The molecule has 0 radical (unpaired) electrons. The van der Waals surface area contributed by atoms with Crippen molar-refractivity contribution in [2.75, 3.05) is 0 Å². The van der Waals surface area contributed by atoms with Crippen LogP contribution in [0.3, 0.4) is 0 Å². The highest BCUT2D eigenvalue weighted by Crippen LogP contribution is 2.30. The van der Waals surface area contributed by atoms with Crippen molar-refractivity contribution in [3.63, 3.8) is 0 Å². The van der Waals surface area contributed by atoms with Crippen molar-refractivity contribution in [3.8, 4) is 5.82 Å². The van der Waals surface area contributed by atoms with Crippen molar-refractivity contribution < 1.29 is 18.0 Å². The lowest BCUT2D eigenvalue weighted by Crippen LogP contribution is -2.24. The molecule has 2 heterocycles. The summed E-state index contributed by atoms with van der Waals surface area (Å²) in [6.07, 6.45) is 0.989. The Bertz CT molecular complexity index is 980. The number of carbonyl (C=O) groups excluding carboxylic acids is 1. The molecule has 1 N–H and O–H groups in total. The van der Waals surface area contributed by atoms with Crippen molar-refractivity contribution >= 4 is 5.91 Å². The highest BCUT2D eigenvalue weighted by atomic mass is 19.4. The molecule has 0 aliphatic heterocycles. The largest absolute Gasteiger partial charge is 0.416 e. The van der Waals surface area contributed by atoms with Gasteiger partial charge in [0.05, 0.1) is 5.56 Å². The van der Waals surface area contributed by atoms with E-state index < -0.39 is 11.7 Å². The fourth-order valence-electron chi connectivity index (χ4n) is 2.99. The van der Waals surface area contributed by atoms with E-state index in [9.17, 15) is 18.0 Å². The van der Waals surface area contributed by atoms with Gasteiger partial charge in [-0.25, -0.2) is 9.97 Å². The molecule has 3 rings (SSSR count). The van der Waals surface area contributed by atoms with E-state index in [0.29, 0.717) is 17.9 Å². The Morgan fingerprint density at radius 3 is 2.48 bits per heavy atom. The average molecular weight is 402 g/mol. The van der Waals surface area contributed by atoms with Crippen LogP contribution in [0.5, 0.6) is 0 Å². The van der Waals surface area contributed by atoms with E-state index in [-0.39, 0.29) is 18.2 Å². The second-order valence-corrected chi connectivity index (χ2v) is 6.87. The first kappa shape index (κ1) is 20.6. The quantitative estimate of drug-likeness (QED) is 0.665. The molecule has 3 aromatic rings. The summed E-state index contributed by atoms with van der Waals surface area (Å²) in [5.41, 5.74) is 0.882. The van der Waals surface area contributed by atoms with Crippen LogP contribution in [0, 0.1) is 6.92 Å². The third-order valence-corrected chi connectivity index (χ3v) is 4.67. The van der Waals surface area contributed by atoms with Gasteiger partial charge in [0, 0.05) is 31.6 Å². The normalized spacial score (nSPS) is 12.6. The monoisotopic (exact) mass is 402 g/mol. The van der Waals surface area contributed by atoms with Crippen LogP contribution < -0.4 is 5.32 Å². The van der Waals surface area contributed by atoms with Crippen molar-refractivity contribution in [1.29, 1.82) is 0 Å². The molecule has 1 atom stereocenters. The van der Waals surface area contributed by atoms with Crippen LogP contribution in [0.15, 0.2) is 55.0 Å². The first-order valence-electron chi connectivity index (χ1n) is 9.13. The van der Waals surface area contributed by atoms with E-state index in [0.717, 1.165) is 23.5 Å². The van der Waals surface area contributed by atoms with Crippen LogP contribution in [0.1, 0.15) is 41.8 Å². The number of aryl methyl sites for hydroxylation is 1. The molecule has 1 aromatic carbocycles. The Morgan fingerprint density at radius 1 is 1.14 bits per heavy atom. The zero-order valence-corrected chi connectivity index (χ0v) is 16.1. The zero-order valence-electron chi connectivity index (χ0n) is 16.1. The lowest BCUT2D eigenvalue weighted by atomic mass is 9.96. The fraction of sp³-hybridized carbons (Fsp3) is 0.286. The van der Waals surface area contributed by atoms with E-state index in [2.05, 4.69) is 15.3 Å². The van der Waals surface area contributed by atoms with Gasteiger partial charge in [-0.2, -0.15) is 13.2 Å². The van der Waals surface area contributed by atoms with Crippen molar-refractivity contribution in [2.24, 2.45) is 0 Å². The Morgan fingerprint density at radius 2 is 1.86 bits per heavy atom. The van der Waals surface area contributed by atoms with Gasteiger partial charge in [-0.15, -0.1) is 0 Å². The molecular formula is C21H21F3N4O. The molecule has 152 valence electrons. The van der Waals surface area contributed by atoms with Crippen molar-refractivity contribution in [1.82, 2.24) is 19.9 Å². The van der Waals surface area contributed by atoms with E-state index in [1.807, 2.05) is 36.7 Å². The van der Waals surface area contributed by atoms with Crippen LogP contribution in [0.2, 0.25) is 0 Å². The second-order valence-electron chi connectivity index (χ2n) is 6.87. The summed E-state index contributed by atoms with van der Waals surface area (Å²) in [6, 6.07) is 8.61. The second kappa shape index (κ2) is 8.46. The molecular weight excluding hydrogens is 381 g/mol. The molecule has 1 unspecified atom stereocenters. The van der Waals surface area contributed by atoms with Gasteiger partial charge in [0.1, 0.15) is 11.6 Å². The average Bonchev–Trinajstić information content (AvgIpc) is 3.12. The molecule has 0 saturated heterocycles. The van der Waals surface area contributed by atoms with Crippen LogP contribution in [0.25, 0.3) is 5.82 Å². The summed E-state index contributed by atoms with van der Waals surface area (Å²) in [7, 11) is 0. The highest BCUT2D eigenvalue weighted by Gasteiger charge is 2.30. The Kier molecular flexibility index (Phi) is 6.00. The van der Waals surface area contributed by atoms with Crippen LogP contribution in [-0.2, 0) is 17.5 Å². The van der Waals surface area contributed by atoms with Crippen LogP contribution in [0.4, 0.5) is 13.2 Å². The number of hydrogen-bond donors (Lipinski definition) is 1. The van der Waals surface area contributed by atoms with Gasteiger partial charge >= 0.3 is 6.18 Å². The summed E-state index contributed by atoms with van der Waals surface area (Å²) >= 11 is 0. The minimum atomic E-state index is -4.36. The first-order chi connectivity index (χ1) is 13.7. The number of benzene rings is 1. The number of nitrogens with one attached hydrogen (secondary N) is 1. The molecule has 0 aliphatic carbocycles.